The molecule has 134 valence electrons. The second kappa shape index (κ2) is 7.89. The summed E-state index contributed by atoms with van der Waals surface area (Å²) in [5.74, 6) is 0. The van der Waals surface area contributed by atoms with E-state index in [0.717, 1.165) is 27.7 Å². The first-order chi connectivity index (χ1) is 12.5. The number of rotatable bonds is 4. The molecule has 0 unspecified atom stereocenters. The summed E-state index contributed by atoms with van der Waals surface area (Å²) in [4.78, 5) is 15.4. The smallest absolute Gasteiger partial charge is 0.251 e. The number of aromatic amines is 1. The zero-order chi connectivity index (χ0) is 18.7. The number of H-pyrrole nitrogens is 1. The van der Waals surface area contributed by atoms with E-state index < -0.39 is 0 Å². The quantitative estimate of drug-likeness (QED) is 0.585. The summed E-state index contributed by atoms with van der Waals surface area (Å²) in [6.45, 7) is 4.61. The van der Waals surface area contributed by atoms with Crippen molar-refractivity contribution in [2.45, 2.75) is 20.3 Å². The molecular weight excluding hydrogens is 366 g/mol. The van der Waals surface area contributed by atoms with Gasteiger partial charge in [-0.05, 0) is 67.2 Å². The van der Waals surface area contributed by atoms with Crippen LogP contribution in [0.15, 0.2) is 47.3 Å². The second-order valence-corrected chi connectivity index (χ2v) is 7.02. The molecule has 0 bridgehead atoms. The van der Waals surface area contributed by atoms with Gasteiger partial charge in [0, 0.05) is 12.1 Å². The van der Waals surface area contributed by atoms with E-state index in [2.05, 4.69) is 21.7 Å². The van der Waals surface area contributed by atoms with Crippen LogP contribution in [0.25, 0.3) is 10.9 Å². The van der Waals surface area contributed by atoms with Crippen LogP contribution in [0.4, 0.5) is 5.69 Å². The summed E-state index contributed by atoms with van der Waals surface area (Å²) in [5.41, 5.74) is 4.60. The van der Waals surface area contributed by atoms with Gasteiger partial charge in [-0.3, -0.25) is 4.79 Å². The first-order valence-electron chi connectivity index (χ1n) is 8.37. The van der Waals surface area contributed by atoms with Crippen LogP contribution in [0.2, 0.25) is 5.02 Å². The van der Waals surface area contributed by atoms with E-state index in [1.165, 1.54) is 5.56 Å². The predicted molar refractivity (Wildman–Crippen MR) is 113 cm³/mol. The lowest BCUT2D eigenvalue weighted by Gasteiger charge is -2.12. The molecule has 3 rings (SSSR count). The van der Waals surface area contributed by atoms with Crippen LogP contribution in [0.1, 0.15) is 16.7 Å². The van der Waals surface area contributed by atoms with E-state index in [4.69, 9.17) is 23.8 Å². The lowest BCUT2D eigenvalue weighted by Crippen LogP contribution is -2.31. The van der Waals surface area contributed by atoms with Crippen molar-refractivity contribution in [1.82, 2.24) is 10.3 Å². The summed E-state index contributed by atoms with van der Waals surface area (Å²) >= 11 is 11.4. The van der Waals surface area contributed by atoms with E-state index in [1.807, 2.05) is 44.2 Å². The van der Waals surface area contributed by atoms with E-state index >= 15 is 0 Å². The molecule has 3 aromatic rings. The first-order valence-corrected chi connectivity index (χ1v) is 9.16. The van der Waals surface area contributed by atoms with Crippen LogP contribution >= 0.6 is 23.8 Å². The molecule has 0 radical (unpaired) electrons. The largest absolute Gasteiger partial charge is 0.362 e. The van der Waals surface area contributed by atoms with E-state index in [-0.39, 0.29) is 5.56 Å². The van der Waals surface area contributed by atoms with Gasteiger partial charge in [0.1, 0.15) is 0 Å². The first kappa shape index (κ1) is 18.4. The molecule has 0 aliphatic heterocycles. The molecule has 1 heterocycles. The molecule has 0 spiro atoms. The van der Waals surface area contributed by atoms with Crippen molar-refractivity contribution in [2.24, 2.45) is 0 Å². The number of hydrogen-bond donors (Lipinski definition) is 3. The van der Waals surface area contributed by atoms with Crippen LogP contribution in [0, 0.1) is 13.8 Å². The standard InChI is InChI=1S/C20H20ClN3OS/c1-12-7-8-14-11-15(19(25)24-18(14)13(12)2)9-10-22-20(26)23-17-6-4-3-5-16(17)21/h3-8,11H,9-10H2,1-2H3,(H,24,25)(H2,22,23,26). The van der Waals surface area contributed by atoms with Gasteiger partial charge in [0.2, 0.25) is 0 Å². The molecule has 3 N–H and O–H groups in total. The zero-order valence-corrected chi connectivity index (χ0v) is 16.2. The lowest BCUT2D eigenvalue weighted by molar-refractivity contribution is 0.863. The topological polar surface area (TPSA) is 56.9 Å². The number of aromatic nitrogens is 1. The molecule has 0 aliphatic rings. The van der Waals surface area contributed by atoms with Crippen molar-refractivity contribution >= 4 is 45.5 Å². The molecular formula is C20H20ClN3OS. The molecule has 0 fully saturated rings. The average molecular weight is 386 g/mol. The number of fused-ring (bicyclic) bond motifs is 1. The van der Waals surface area contributed by atoms with Crippen molar-refractivity contribution in [1.29, 1.82) is 0 Å². The zero-order valence-electron chi connectivity index (χ0n) is 14.7. The number of halogens is 1. The third-order valence-corrected chi connectivity index (χ3v) is 5.01. The third kappa shape index (κ3) is 4.06. The number of benzene rings is 2. The highest BCUT2D eigenvalue weighted by atomic mass is 35.5. The monoisotopic (exact) mass is 385 g/mol. The van der Waals surface area contributed by atoms with Crippen LogP contribution < -0.4 is 16.2 Å². The number of para-hydroxylation sites is 1. The summed E-state index contributed by atoms with van der Waals surface area (Å²) in [6, 6.07) is 13.5. The van der Waals surface area contributed by atoms with Gasteiger partial charge < -0.3 is 15.6 Å². The number of aryl methyl sites for hydroxylation is 2. The van der Waals surface area contributed by atoms with Crippen molar-refractivity contribution in [2.75, 3.05) is 11.9 Å². The Hall–Kier alpha value is -2.37. The van der Waals surface area contributed by atoms with Gasteiger partial charge in [0.25, 0.3) is 5.56 Å². The molecule has 1 aromatic heterocycles. The number of pyridine rings is 1. The maximum absolute atomic E-state index is 12.4. The summed E-state index contributed by atoms with van der Waals surface area (Å²) in [7, 11) is 0. The minimum absolute atomic E-state index is 0.0574. The van der Waals surface area contributed by atoms with Gasteiger partial charge in [-0.1, -0.05) is 35.9 Å². The van der Waals surface area contributed by atoms with Crippen LogP contribution in [0.5, 0.6) is 0 Å². The van der Waals surface area contributed by atoms with Gasteiger partial charge in [-0.15, -0.1) is 0 Å². The Balaban J connectivity index is 1.65. The minimum atomic E-state index is -0.0574. The molecule has 0 saturated carbocycles. The highest BCUT2D eigenvalue weighted by Gasteiger charge is 2.07. The third-order valence-electron chi connectivity index (χ3n) is 4.43. The highest BCUT2D eigenvalue weighted by Crippen LogP contribution is 2.20. The molecule has 0 saturated heterocycles. The summed E-state index contributed by atoms with van der Waals surface area (Å²) < 4.78 is 0. The number of thiocarbonyl (C=S) groups is 1. The Morgan fingerprint density at radius 2 is 1.96 bits per heavy atom. The molecule has 0 amide bonds. The Kier molecular flexibility index (Phi) is 5.59. The van der Waals surface area contributed by atoms with Crippen LogP contribution in [0.3, 0.4) is 0 Å². The van der Waals surface area contributed by atoms with Gasteiger partial charge in [-0.25, -0.2) is 0 Å². The van der Waals surface area contributed by atoms with Crippen LogP contribution in [-0.2, 0) is 6.42 Å². The summed E-state index contributed by atoms with van der Waals surface area (Å²) in [6.07, 6.45) is 0.572. The minimum Gasteiger partial charge on any atom is -0.362 e. The molecule has 2 aromatic carbocycles. The van der Waals surface area contributed by atoms with Gasteiger partial charge in [0.05, 0.1) is 16.2 Å². The highest BCUT2D eigenvalue weighted by molar-refractivity contribution is 7.80. The van der Waals surface area contributed by atoms with Gasteiger partial charge in [0.15, 0.2) is 5.11 Å². The number of anilines is 1. The number of hydrogen-bond acceptors (Lipinski definition) is 2. The Bertz CT molecular complexity index is 1030. The molecule has 4 nitrogen and oxygen atoms in total. The fraction of sp³-hybridized carbons (Fsp3) is 0.200. The number of nitrogens with one attached hydrogen (secondary N) is 3. The Morgan fingerprint density at radius 3 is 2.73 bits per heavy atom. The fourth-order valence-corrected chi connectivity index (χ4v) is 3.19. The van der Waals surface area contributed by atoms with Gasteiger partial charge >= 0.3 is 0 Å². The molecule has 26 heavy (non-hydrogen) atoms. The second-order valence-electron chi connectivity index (χ2n) is 6.21. The maximum atomic E-state index is 12.4. The van der Waals surface area contributed by atoms with Crippen molar-refractivity contribution in [3.63, 3.8) is 0 Å². The average Bonchev–Trinajstić information content (AvgIpc) is 2.61. The normalized spacial score (nSPS) is 10.7. The van der Waals surface area contributed by atoms with E-state index in [9.17, 15) is 4.79 Å². The molecule has 0 aliphatic carbocycles. The molecule has 0 atom stereocenters. The van der Waals surface area contributed by atoms with Crippen molar-refractivity contribution in [3.8, 4) is 0 Å². The Morgan fingerprint density at radius 1 is 1.19 bits per heavy atom. The Labute approximate surface area is 162 Å². The molecule has 6 heteroatoms. The lowest BCUT2D eigenvalue weighted by atomic mass is 10.0. The predicted octanol–water partition coefficient (Wildman–Crippen LogP) is 4.33. The fourth-order valence-electron chi connectivity index (χ4n) is 2.80. The van der Waals surface area contributed by atoms with Crippen molar-refractivity contribution in [3.05, 3.63) is 74.5 Å². The SMILES string of the molecule is Cc1ccc2cc(CCNC(=S)Nc3ccccc3Cl)c(=O)[nH]c2c1C. The maximum Gasteiger partial charge on any atom is 0.251 e. The van der Waals surface area contributed by atoms with Crippen molar-refractivity contribution < 1.29 is 0 Å². The van der Waals surface area contributed by atoms with Crippen LogP contribution in [-0.4, -0.2) is 16.6 Å². The van der Waals surface area contributed by atoms with E-state index in [1.54, 1.807) is 6.07 Å². The van der Waals surface area contributed by atoms with Gasteiger partial charge in [-0.2, -0.15) is 0 Å². The van der Waals surface area contributed by atoms with E-state index in [0.29, 0.717) is 23.1 Å². The summed E-state index contributed by atoms with van der Waals surface area (Å²) in [5, 5.41) is 8.29.